The van der Waals surface area contributed by atoms with E-state index in [0.29, 0.717) is 11.0 Å². The van der Waals surface area contributed by atoms with Gasteiger partial charge in [0, 0.05) is 11.7 Å². The molecule has 0 aromatic heterocycles. The zero-order chi connectivity index (χ0) is 13.1. The summed E-state index contributed by atoms with van der Waals surface area (Å²) in [5.41, 5.74) is 1.98. The number of Topliss-reactive ketones (excluding diaryl/α,β-unsaturated/α-hetero) is 1. The third kappa shape index (κ3) is 2.97. The summed E-state index contributed by atoms with van der Waals surface area (Å²) in [5, 5.41) is 0.690. The van der Waals surface area contributed by atoms with Crippen molar-refractivity contribution in [2.75, 3.05) is 12.4 Å². The lowest BCUT2D eigenvalue weighted by Crippen LogP contribution is -2.12. The molecule has 3 heteroatoms. The van der Waals surface area contributed by atoms with Gasteiger partial charge in [0.25, 0.3) is 0 Å². The maximum absolute atomic E-state index is 12.3. The maximum Gasteiger partial charge on any atom is 0.176 e. The van der Waals surface area contributed by atoms with Crippen LogP contribution in [0.2, 0.25) is 0 Å². The molecule has 0 atom stereocenters. The molecule has 0 amide bonds. The Balaban J connectivity index is 1.62. The fourth-order valence-electron chi connectivity index (χ4n) is 2.94. The van der Waals surface area contributed by atoms with Crippen LogP contribution in [0.15, 0.2) is 18.2 Å². The number of ketones is 1. The molecular weight excluding hydrogens is 256 g/mol. The van der Waals surface area contributed by atoms with E-state index in [9.17, 15) is 4.79 Å². The first kappa shape index (κ1) is 13.0. The van der Waals surface area contributed by atoms with Crippen molar-refractivity contribution in [1.29, 1.82) is 0 Å². The normalized spacial score (nSPS) is 18.9. The van der Waals surface area contributed by atoms with Gasteiger partial charge in [-0.1, -0.05) is 31.4 Å². The molecule has 1 heterocycles. The Morgan fingerprint density at radius 1 is 1.26 bits per heavy atom. The number of hydrogen-bond acceptors (Lipinski definition) is 3. The van der Waals surface area contributed by atoms with Crippen molar-refractivity contribution in [3.63, 3.8) is 0 Å². The standard InChI is InChI=1S/C16H20O2S/c17-15(11-19-13-6-2-1-3-7-13)14-8-4-5-12-9-10-18-16(12)14/h4-5,8,13H,1-3,6-7,9-11H2. The minimum absolute atomic E-state index is 0.231. The molecule has 102 valence electrons. The average molecular weight is 276 g/mol. The van der Waals surface area contributed by atoms with Gasteiger partial charge in [0.05, 0.1) is 17.9 Å². The first-order valence-electron chi connectivity index (χ1n) is 7.24. The first-order valence-corrected chi connectivity index (χ1v) is 8.29. The molecule has 1 aliphatic heterocycles. The maximum atomic E-state index is 12.3. The van der Waals surface area contributed by atoms with Crippen LogP contribution in [0.1, 0.15) is 48.0 Å². The third-order valence-corrected chi connectivity index (χ3v) is 5.39. The van der Waals surface area contributed by atoms with Crippen LogP contribution in [0.4, 0.5) is 0 Å². The molecule has 2 aliphatic rings. The van der Waals surface area contributed by atoms with Crippen LogP contribution in [-0.4, -0.2) is 23.4 Å². The van der Waals surface area contributed by atoms with Crippen LogP contribution < -0.4 is 4.74 Å². The number of hydrogen-bond donors (Lipinski definition) is 0. The van der Waals surface area contributed by atoms with Gasteiger partial charge < -0.3 is 4.74 Å². The number of carbonyl (C=O) groups is 1. The summed E-state index contributed by atoms with van der Waals surface area (Å²) in [4.78, 5) is 12.3. The predicted octanol–water partition coefficient (Wildman–Crippen LogP) is 3.87. The fourth-order valence-corrected chi connectivity index (χ4v) is 4.15. The molecule has 3 rings (SSSR count). The van der Waals surface area contributed by atoms with Crippen LogP contribution in [-0.2, 0) is 6.42 Å². The molecule has 1 saturated carbocycles. The lowest BCUT2D eigenvalue weighted by molar-refractivity contribution is 0.101. The van der Waals surface area contributed by atoms with Gasteiger partial charge in [-0.15, -0.1) is 0 Å². The second-order valence-corrected chi connectivity index (χ2v) is 6.68. The predicted molar refractivity (Wildman–Crippen MR) is 79.3 cm³/mol. The molecule has 0 spiro atoms. The minimum atomic E-state index is 0.231. The van der Waals surface area contributed by atoms with Crippen LogP contribution in [0.3, 0.4) is 0 Å². The number of benzene rings is 1. The number of ether oxygens (including phenoxy) is 1. The third-order valence-electron chi connectivity index (χ3n) is 4.02. The van der Waals surface area contributed by atoms with Gasteiger partial charge >= 0.3 is 0 Å². The molecular formula is C16H20O2S. The van der Waals surface area contributed by atoms with Gasteiger partial charge in [-0.3, -0.25) is 4.79 Å². The summed E-state index contributed by atoms with van der Waals surface area (Å²) < 4.78 is 5.61. The highest BCUT2D eigenvalue weighted by atomic mass is 32.2. The average Bonchev–Trinajstić information content (AvgIpc) is 2.94. The lowest BCUT2D eigenvalue weighted by atomic mass is 10.0. The summed E-state index contributed by atoms with van der Waals surface area (Å²) in [6, 6.07) is 5.95. The van der Waals surface area contributed by atoms with Crippen molar-refractivity contribution in [2.45, 2.75) is 43.8 Å². The van der Waals surface area contributed by atoms with Crippen molar-refractivity contribution in [2.24, 2.45) is 0 Å². The Bertz CT molecular complexity index is 464. The monoisotopic (exact) mass is 276 g/mol. The van der Waals surface area contributed by atoms with E-state index in [1.807, 2.05) is 23.9 Å². The van der Waals surface area contributed by atoms with Gasteiger partial charge in [0.2, 0.25) is 0 Å². The van der Waals surface area contributed by atoms with Crippen LogP contribution >= 0.6 is 11.8 Å². The van der Waals surface area contributed by atoms with Crippen molar-refractivity contribution in [1.82, 2.24) is 0 Å². The van der Waals surface area contributed by atoms with E-state index >= 15 is 0 Å². The smallest absolute Gasteiger partial charge is 0.176 e. The number of thioether (sulfide) groups is 1. The Morgan fingerprint density at radius 3 is 2.95 bits per heavy atom. The van der Waals surface area contributed by atoms with Crippen molar-refractivity contribution < 1.29 is 9.53 Å². The van der Waals surface area contributed by atoms with E-state index in [2.05, 4.69) is 6.07 Å². The van der Waals surface area contributed by atoms with Gasteiger partial charge in [-0.05, 0) is 24.5 Å². The highest BCUT2D eigenvalue weighted by Crippen LogP contribution is 2.32. The van der Waals surface area contributed by atoms with Crippen LogP contribution in [0, 0.1) is 0 Å². The van der Waals surface area contributed by atoms with Crippen LogP contribution in [0.5, 0.6) is 5.75 Å². The Labute approximate surface area is 118 Å². The zero-order valence-electron chi connectivity index (χ0n) is 11.2. The molecule has 2 nitrogen and oxygen atoms in total. The largest absolute Gasteiger partial charge is 0.492 e. The van der Waals surface area contributed by atoms with Gasteiger partial charge in [0.1, 0.15) is 5.75 Å². The van der Waals surface area contributed by atoms with E-state index in [0.717, 1.165) is 24.3 Å². The second-order valence-electron chi connectivity index (χ2n) is 5.39. The summed E-state index contributed by atoms with van der Waals surface area (Å²) >= 11 is 1.84. The summed E-state index contributed by atoms with van der Waals surface area (Å²) in [6.07, 6.45) is 7.52. The zero-order valence-corrected chi connectivity index (χ0v) is 12.0. The molecule has 0 saturated heterocycles. The fraction of sp³-hybridized carbons (Fsp3) is 0.562. The van der Waals surface area contributed by atoms with E-state index in [-0.39, 0.29) is 5.78 Å². The molecule has 19 heavy (non-hydrogen) atoms. The summed E-state index contributed by atoms with van der Waals surface area (Å²) in [5.74, 6) is 1.68. The Kier molecular flexibility index (Phi) is 4.12. The van der Waals surface area contributed by atoms with Crippen molar-refractivity contribution in [3.05, 3.63) is 29.3 Å². The molecule has 1 aromatic rings. The second kappa shape index (κ2) is 6.00. The number of carbonyl (C=O) groups excluding carboxylic acids is 1. The molecule has 0 bridgehead atoms. The van der Waals surface area contributed by atoms with E-state index in [1.165, 1.54) is 37.7 Å². The van der Waals surface area contributed by atoms with Crippen molar-refractivity contribution >= 4 is 17.5 Å². The van der Waals surface area contributed by atoms with E-state index in [1.54, 1.807) is 0 Å². The number of para-hydroxylation sites is 1. The summed E-state index contributed by atoms with van der Waals surface area (Å²) in [7, 11) is 0. The molecule has 1 fully saturated rings. The Hall–Kier alpha value is -0.960. The minimum Gasteiger partial charge on any atom is -0.492 e. The van der Waals surface area contributed by atoms with Gasteiger partial charge in [0.15, 0.2) is 5.78 Å². The van der Waals surface area contributed by atoms with E-state index in [4.69, 9.17) is 4.74 Å². The molecule has 1 aromatic carbocycles. The highest BCUT2D eigenvalue weighted by Gasteiger charge is 2.21. The van der Waals surface area contributed by atoms with Crippen molar-refractivity contribution in [3.8, 4) is 5.75 Å². The molecule has 0 N–H and O–H groups in total. The summed E-state index contributed by atoms with van der Waals surface area (Å²) in [6.45, 7) is 0.718. The SMILES string of the molecule is O=C(CSC1CCCCC1)c1cccc2c1OCC2. The number of fused-ring (bicyclic) bond motifs is 1. The first-order chi connectivity index (χ1) is 9.34. The van der Waals surface area contributed by atoms with E-state index < -0.39 is 0 Å². The topological polar surface area (TPSA) is 26.3 Å². The highest BCUT2D eigenvalue weighted by molar-refractivity contribution is 8.00. The number of rotatable bonds is 4. The molecule has 1 aliphatic carbocycles. The van der Waals surface area contributed by atoms with Crippen LogP contribution in [0.25, 0.3) is 0 Å². The molecule has 0 radical (unpaired) electrons. The Morgan fingerprint density at radius 2 is 2.11 bits per heavy atom. The van der Waals surface area contributed by atoms with Gasteiger partial charge in [-0.25, -0.2) is 0 Å². The quantitative estimate of drug-likeness (QED) is 0.781. The molecule has 0 unspecified atom stereocenters. The lowest BCUT2D eigenvalue weighted by Gasteiger charge is -2.20. The van der Waals surface area contributed by atoms with Gasteiger partial charge in [-0.2, -0.15) is 11.8 Å².